The summed E-state index contributed by atoms with van der Waals surface area (Å²) >= 11 is 7.36. The standard InChI is InChI=1S/C24H21ClFN3O3S/c1-14(31-19-10-5-15(6-11-19)22(30)27-2)21-24(33-20-12-7-17(25)13-28-20)32-23(29-21)16-3-8-18(26)9-4-16/h3-14,21,24H,1-2H3,(H,27,30). The highest BCUT2D eigenvalue weighted by Crippen LogP contribution is 2.34. The van der Waals surface area contributed by atoms with Gasteiger partial charge in [-0.05, 0) is 67.6 Å². The largest absolute Gasteiger partial charge is 0.488 e. The lowest BCUT2D eigenvalue weighted by Crippen LogP contribution is -2.34. The van der Waals surface area contributed by atoms with Crippen LogP contribution in [0, 0.1) is 5.82 Å². The van der Waals surface area contributed by atoms with Crippen molar-refractivity contribution in [2.45, 2.75) is 29.5 Å². The molecular formula is C24H21ClFN3O3S. The van der Waals surface area contributed by atoms with Gasteiger partial charge in [0.15, 0.2) is 5.44 Å². The number of aromatic nitrogens is 1. The van der Waals surface area contributed by atoms with E-state index in [2.05, 4.69) is 10.3 Å². The topological polar surface area (TPSA) is 72.8 Å². The van der Waals surface area contributed by atoms with E-state index in [-0.39, 0.29) is 23.9 Å². The molecule has 0 spiro atoms. The molecule has 0 saturated carbocycles. The van der Waals surface area contributed by atoms with Crippen LogP contribution in [-0.2, 0) is 4.74 Å². The van der Waals surface area contributed by atoms with Gasteiger partial charge in [-0.25, -0.2) is 14.4 Å². The molecule has 33 heavy (non-hydrogen) atoms. The number of carbonyl (C=O) groups excluding carboxylic acids is 1. The third-order valence-corrected chi connectivity index (χ3v) is 6.26. The van der Waals surface area contributed by atoms with Crippen LogP contribution in [0.2, 0.25) is 5.02 Å². The van der Waals surface area contributed by atoms with Crippen molar-refractivity contribution >= 4 is 35.2 Å². The van der Waals surface area contributed by atoms with E-state index < -0.39 is 5.44 Å². The van der Waals surface area contributed by atoms with Gasteiger partial charge < -0.3 is 14.8 Å². The average Bonchev–Trinajstić information content (AvgIpc) is 3.25. The number of thioether (sulfide) groups is 1. The number of pyridine rings is 1. The maximum atomic E-state index is 13.4. The molecule has 1 aromatic heterocycles. The Morgan fingerprint density at radius 2 is 1.88 bits per heavy atom. The molecule has 4 rings (SSSR count). The van der Waals surface area contributed by atoms with Crippen molar-refractivity contribution in [1.29, 1.82) is 0 Å². The van der Waals surface area contributed by atoms with Crippen LogP contribution < -0.4 is 10.1 Å². The summed E-state index contributed by atoms with van der Waals surface area (Å²) in [4.78, 5) is 20.8. The molecule has 1 N–H and O–H groups in total. The van der Waals surface area contributed by atoms with E-state index in [9.17, 15) is 9.18 Å². The molecule has 170 valence electrons. The monoisotopic (exact) mass is 485 g/mol. The Morgan fingerprint density at radius 1 is 1.15 bits per heavy atom. The van der Waals surface area contributed by atoms with Crippen LogP contribution in [-0.4, -0.2) is 41.4 Å². The van der Waals surface area contributed by atoms with Crippen molar-refractivity contribution in [3.05, 3.63) is 88.8 Å². The van der Waals surface area contributed by atoms with E-state index in [0.29, 0.717) is 27.8 Å². The van der Waals surface area contributed by atoms with Crippen LogP contribution in [0.25, 0.3) is 0 Å². The molecule has 3 aromatic rings. The fourth-order valence-corrected chi connectivity index (χ4v) is 4.40. The Kier molecular flexibility index (Phi) is 7.15. The SMILES string of the molecule is CNC(=O)c1ccc(OC(C)C2N=C(c3ccc(F)cc3)OC2Sc2ccc(Cl)cn2)cc1. The number of amides is 1. The average molecular weight is 486 g/mol. The lowest BCUT2D eigenvalue weighted by molar-refractivity contribution is 0.0963. The van der Waals surface area contributed by atoms with Gasteiger partial charge in [-0.1, -0.05) is 23.4 Å². The fourth-order valence-electron chi connectivity index (χ4n) is 3.23. The van der Waals surface area contributed by atoms with Crippen LogP contribution in [0.5, 0.6) is 5.75 Å². The Labute approximate surface area is 200 Å². The van der Waals surface area contributed by atoms with Crippen LogP contribution >= 0.6 is 23.4 Å². The highest BCUT2D eigenvalue weighted by molar-refractivity contribution is 7.99. The van der Waals surface area contributed by atoms with Crippen molar-refractivity contribution in [3.63, 3.8) is 0 Å². The third-order valence-electron chi connectivity index (χ3n) is 4.95. The van der Waals surface area contributed by atoms with Crippen LogP contribution in [0.3, 0.4) is 0 Å². The predicted molar refractivity (Wildman–Crippen MR) is 127 cm³/mol. The molecular weight excluding hydrogens is 465 g/mol. The number of rotatable bonds is 7. The Bertz CT molecular complexity index is 1140. The lowest BCUT2D eigenvalue weighted by Gasteiger charge is -2.23. The smallest absolute Gasteiger partial charge is 0.251 e. The normalized spacial score (nSPS) is 18.2. The number of aliphatic imine (C=N–C) groups is 1. The number of nitrogens with one attached hydrogen (secondary N) is 1. The molecule has 1 aliphatic heterocycles. The third kappa shape index (κ3) is 5.64. The van der Waals surface area contributed by atoms with E-state index in [1.165, 1.54) is 23.9 Å². The summed E-state index contributed by atoms with van der Waals surface area (Å²) in [6, 6.07) is 16.1. The molecule has 1 aliphatic rings. The summed E-state index contributed by atoms with van der Waals surface area (Å²) in [5, 5.41) is 3.86. The summed E-state index contributed by atoms with van der Waals surface area (Å²) in [6.45, 7) is 1.90. The number of ether oxygens (including phenoxy) is 2. The summed E-state index contributed by atoms with van der Waals surface area (Å²) < 4.78 is 25.6. The van der Waals surface area contributed by atoms with Gasteiger partial charge in [-0.2, -0.15) is 0 Å². The molecule has 1 amide bonds. The van der Waals surface area contributed by atoms with Crippen molar-refractivity contribution in [2.75, 3.05) is 7.05 Å². The van der Waals surface area contributed by atoms with Gasteiger partial charge in [0.1, 0.15) is 23.7 Å². The van der Waals surface area contributed by atoms with Gasteiger partial charge >= 0.3 is 0 Å². The summed E-state index contributed by atoms with van der Waals surface area (Å²) in [6.07, 6.45) is 1.21. The zero-order valence-corrected chi connectivity index (χ0v) is 19.4. The van der Waals surface area contributed by atoms with Gasteiger partial charge in [0.25, 0.3) is 5.91 Å². The first kappa shape index (κ1) is 23.1. The molecule has 3 unspecified atom stereocenters. The van der Waals surface area contributed by atoms with Gasteiger partial charge in [0.2, 0.25) is 5.90 Å². The second kappa shape index (κ2) is 10.2. The van der Waals surface area contributed by atoms with Gasteiger partial charge in [-0.3, -0.25) is 4.79 Å². The van der Waals surface area contributed by atoms with Gasteiger partial charge in [0, 0.05) is 24.4 Å². The second-order valence-corrected chi connectivity index (χ2v) is 8.83. The van der Waals surface area contributed by atoms with Crippen molar-refractivity contribution in [2.24, 2.45) is 4.99 Å². The fraction of sp³-hybridized carbons (Fsp3) is 0.208. The Morgan fingerprint density at radius 3 is 2.52 bits per heavy atom. The first-order valence-corrected chi connectivity index (χ1v) is 11.5. The minimum absolute atomic E-state index is 0.167. The molecule has 6 nitrogen and oxygen atoms in total. The first-order valence-electron chi connectivity index (χ1n) is 10.2. The Hall–Kier alpha value is -3.10. The molecule has 0 saturated heterocycles. The van der Waals surface area contributed by atoms with Crippen molar-refractivity contribution in [3.8, 4) is 5.75 Å². The summed E-state index contributed by atoms with van der Waals surface area (Å²) in [7, 11) is 1.58. The van der Waals surface area contributed by atoms with Crippen LogP contribution in [0.1, 0.15) is 22.8 Å². The maximum Gasteiger partial charge on any atom is 0.251 e. The highest BCUT2D eigenvalue weighted by Gasteiger charge is 2.38. The summed E-state index contributed by atoms with van der Waals surface area (Å²) in [5.41, 5.74) is 0.801. The number of halogens is 2. The van der Waals surface area contributed by atoms with Gasteiger partial charge in [-0.15, -0.1) is 0 Å². The maximum absolute atomic E-state index is 13.4. The molecule has 0 bridgehead atoms. The number of nitrogens with zero attached hydrogens (tertiary/aromatic N) is 2. The predicted octanol–water partition coefficient (Wildman–Crippen LogP) is 4.97. The zero-order valence-electron chi connectivity index (χ0n) is 17.9. The summed E-state index contributed by atoms with van der Waals surface area (Å²) in [5.74, 6) is 0.521. The first-order chi connectivity index (χ1) is 15.9. The number of benzene rings is 2. The highest BCUT2D eigenvalue weighted by atomic mass is 35.5. The minimum Gasteiger partial charge on any atom is -0.488 e. The van der Waals surface area contributed by atoms with E-state index in [1.807, 2.05) is 13.0 Å². The second-order valence-electron chi connectivity index (χ2n) is 7.28. The lowest BCUT2D eigenvalue weighted by atomic mass is 10.2. The molecule has 0 radical (unpaired) electrons. The number of hydrogen-bond acceptors (Lipinski definition) is 6. The van der Waals surface area contributed by atoms with Crippen molar-refractivity contribution in [1.82, 2.24) is 10.3 Å². The van der Waals surface area contributed by atoms with Gasteiger partial charge in [0.05, 0.1) is 10.0 Å². The minimum atomic E-state index is -0.418. The molecule has 2 aromatic carbocycles. The van der Waals surface area contributed by atoms with Crippen molar-refractivity contribution < 1.29 is 18.7 Å². The van der Waals surface area contributed by atoms with E-state index >= 15 is 0 Å². The van der Waals surface area contributed by atoms with E-state index in [0.717, 1.165) is 5.03 Å². The van der Waals surface area contributed by atoms with E-state index in [1.54, 1.807) is 55.7 Å². The Balaban J connectivity index is 1.55. The zero-order chi connectivity index (χ0) is 23.4. The molecule has 9 heteroatoms. The molecule has 0 fully saturated rings. The van der Waals surface area contributed by atoms with E-state index in [4.69, 9.17) is 26.1 Å². The molecule has 3 atom stereocenters. The quantitative estimate of drug-likeness (QED) is 0.511. The molecule has 0 aliphatic carbocycles. The molecule has 2 heterocycles. The van der Waals surface area contributed by atoms with Crippen LogP contribution in [0.4, 0.5) is 4.39 Å². The number of carbonyl (C=O) groups is 1. The number of hydrogen-bond donors (Lipinski definition) is 1. The van der Waals surface area contributed by atoms with Crippen LogP contribution in [0.15, 0.2) is 76.9 Å².